The number of nitrogens with zero attached hydrogens (tertiary/aromatic N) is 2. The zero-order valence-corrected chi connectivity index (χ0v) is 9.52. The molecule has 92 valence electrons. The van der Waals surface area contributed by atoms with E-state index < -0.39 is 24.7 Å². The van der Waals surface area contributed by atoms with E-state index in [1.54, 1.807) is 0 Å². The molecule has 0 fully saturated rings. The monoisotopic (exact) mass is 249 g/mol. The molecule has 0 aliphatic heterocycles. The second kappa shape index (κ2) is 6.14. The number of rotatable bonds is 3. The molecule has 0 aromatic carbocycles. The summed E-state index contributed by atoms with van der Waals surface area (Å²) in [4.78, 5) is 11.2. The van der Waals surface area contributed by atoms with Crippen LogP contribution in [-0.2, 0) is 4.79 Å². The average molecular weight is 250 g/mol. The van der Waals surface area contributed by atoms with Gasteiger partial charge in [-0.15, -0.1) is 12.4 Å². The number of alkyl halides is 3. The molecule has 0 radical (unpaired) electrons. The third-order valence-corrected chi connectivity index (χ3v) is 1.63. The molecule has 0 rings (SSSR count). The Bertz CT molecular complexity index is 210. The second-order valence-electron chi connectivity index (χ2n) is 3.08. The lowest BCUT2D eigenvalue weighted by Gasteiger charge is -2.29. The number of amides is 1. The third-order valence-electron chi connectivity index (χ3n) is 1.63. The van der Waals surface area contributed by atoms with Crippen molar-refractivity contribution in [3.63, 3.8) is 0 Å². The van der Waals surface area contributed by atoms with Gasteiger partial charge in [0.2, 0.25) is 0 Å². The Morgan fingerprint density at radius 1 is 1.40 bits per heavy atom. The first-order valence-corrected chi connectivity index (χ1v) is 3.96. The van der Waals surface area contributed by atoms with Crippen molar-refractivity contribution in [1.82, 2.24) is 10.0 Å². The number of hydrogen-bond acceptors (Lipinski definition) is 3. The van der Waals surface area contributed by atoms with Crippen LogP contribution >= 0.6 is 12.4 Å². The molecule has 0 aliphatic carbocycles. The van der Waals surface area contributed by atoms with Crippen LogP contribution < -0.4 is 5.73 Å². The largest absolute Gasteiger partial charge is 0.403 e. The minimum Gasteiger partial charge on any atom is -0.320 e. The molecule has 0 unspecified atom stereocenters. The summed E-state index contributed by atoms with van der Waals surface area (Å²) in [7, 11) is 2.42. The van der Waals surface area contributed by atoms with Crippen LogP contribution in [0.3, 0.4) is 0 Å². The maximum atomic E-state index is 11.9. The van der Waals surface area contributed by atoms with E-state index >= 15 is 0 Å². The molecule has 0 spiro atoms. The van der Waals surface area contributed by atoms with Crippen molar-refractivity contribution in [3.8, 4) is 0 Å². The molecule has 0 saturated heterocycles. The van der Waals surface area contributed by atoms with Crippen LogP contribution in [0.5, 0.6) is 0 Å². The van der Waals surface area contributed by atoms with Gasteiger partial charge in [-0.2, -0.15) is 13.2 Å². The first-order chi connectivity index (χ1) is 6.15. The van der Waals surface area contributed by atoms with E-state index in [-0.39, 0.29) is 12.4 Å². The SMILES string of the molecule is C[C@@H](N)C(=O)N(C)N(C)CC(F)(F)F.Cl. The Morgan fingerprint density at radius 3 is 2.07 bits per heavy atom. The highest BCUT2D eigenvalue weighted by molar-refractivity contribution is 5.85. The van der Waals surface area contributed by atoms with Gasteiger partial charge in [0.25, 0.3) is 5.91 Å². The molecule has 1 atom stereocenters. The Kier molecular flexibility index (Phi) is 6.91. The van der Waals surface area contributed by atoms with Crippen molar-refractivity contribution in [3.05, 3.63) is 0 Å². The summed E-state index contributed by atoms with van der Waals surface area (Å²) in [5.41, 5.74) is 5.24. The van der Waals surface area contributed by atoms with Gasteiger partial charge in [0.15, 0.2) is 0 Å². The molecule has 0 aromatic rings. The van der Waals surface area contributed by atoms with Gasteiger partial charge >= 0.3 is 6.18 Å². The van der Waals surface area contributed by atoms with Crippen LogP contribution in [0.25, 0.3) is 0 Å². The quantitative estimate of drug-likeness (QED) is 0.746. The predicted molar refractivity (Wildman–Crippen MR) is 52.4 cm³/mol. The highest BCUT2D eigenvalue weighted by atomic mass is 35.5. The molecule has 0 aliphatic rings. The van der Waals surface area contributed by atoms with Crippen LogP contribution in [0, 0.1) is 0 Å². The summed E-state index contributed by atoms with van der Waals surface area (Å²) < 4.78 is 35.8. The lowest BCUT2D eigenvalue weighted by molar-refractivity contribution is -0.179. The molecule has 4 nitrogen and oxygen atoms in total. The normalized spacial score (nSPS) is 13.3. The summed E-state index contributed by atoms with van der Waals surface area (Å²) in [6, 6.07) is -0.810. The Morgan fingerprint density at radius 2 is 1.80 bits per heavy atom. The van der Waals surface area contributed by atoms with Crippen molar-refractivity contribution in [2.24, 2.45) is 5.73 Å². The fourth-order valence-electron chi connectivity index (χ4n) is 0.828. The van der Waals surface area contributed by atoms with Crippen LogP contribution in [0.1, 0.15) is 6.92 Å². The zero-order chi connectivity index (χ0) is 11.5. The number of hydrogen-bond donors (Lipinski definition) is 1. The van der Waals surface area contributed by atoms with E-state index in [9.17, 15) is 18.0 Å². The van der Waals surface area contributed by atoms with Crippen molar-refractivity contribution < 1.29 is 18.0 Å². The van der Waals surface area contributed by atoms with Gasteiger partial charge in [0, 0.05) is 14.1 Å². The number of carbonyl (C=O) groups is 1. The number of carbonyl (C=O) groups excluding carboxylic acids is 1. The fraction of sp³-hybridized carbons (Fsp3) is 0.857. The smallest absolute Gasteiger partial charge is 0.320 e. The fourth-order valence-corrected chi connectivity index (χ4v) is 0.828. The van der Waals surface area contributed by atoms with E-state index in [2.05, 4.69) is 0 Å². The van der Waals surface area contributed by atoms with E-state index in [0.717, 1.165) is 10.0 Å². The van der Waals surface area contributed by atoms with Crippen LogP contribution in [0.4, 0.5) is 13.2 Å². The van der Waals surface area contributed by atoms with Crippen LogP contribution in [0.15, 0.2) is 0 Å². The Balaban J connectivity index is 0. The van der Waals surface area contributed by atoms with Crippen molar-refractivity contribution in [2.45, 2.75) is 19.1 Å². The number of hydrazine groups is 1. The maximum Gasteiger partial charge on any atom is 0.403 e. The van der Waals surface area contributed by atoms with E-state index in [1.165, 1.54) is 21.0 Å². The lowest BCUT2D eigenvalue weighted by atomic mass is 10.3. The maximum absolute atomic E-state index is 11.9. The molecule has 0 aromatic heterocycles. The molecular formula is C7H15ClF3N3O. The van der Waals surface area contributed by atoms with Gasteiger partial charge < -0.3 is 5.73 Å². The highest BCUT2D eigenvalue weighted by Crippen LogP contribution is 2.16. The second-order valence-corrected chi connectivity index (χ2v) is 3.08. The molecule has 1 amide bonds. The molecule has 2 N–H and O–H groups in total. The number of nitrogens with two attached hydrogens (primary N) is 1. The van der Waals surface area contributed by atoms with Gasteiger partial charge in [-0.3, -0.25) is 9.80 Å². The average Bonchev–Trinajstić information content (AvgIpc) is 1.98. The van der Waals surface area contributed by atoms with Gasteiger partial charge in [-0.25, -0.2) is 5.01 Å². The summed E-state index contributed by atoms with van der Waals surface area (Å²) in [5.74, 6) is -0.559. The molecule has 15 heavy (non-hydrogen) atoms. The van der Waals surface area contributed by atoms with Crippen LogP contribution in [0.2, 0.25) is 0 Å². The Hall–Kier alpha value is -0.530. The highest BCUT2D eigenvalue weighted by Gasteiger charge is 2.32. The Labute approximate surface area is 92.6 Å². The van der Waals surface area contributed by atoms with Gasteiger partial charge in [0.05, 0.1) is 6.04 Å². The first-order valence-electron chi connectivity index (χ1n) is 3.96. The van der Waals surface area contributed by atoms with Gasteiger partial charge in [-0.1, -0.05) is 0 Å². The van der Waals surface area contributed by atoms with Crippen molar-refractivity contribution in [1.29, 1.82) is 0 Å². The van der Waals surface area contributed by atoms with Gasteiger partial charge in [-0.05, 0) is 6.92 Å². The molecular weight excluding hydrogens is 235 g/mol. The summed E-state index contributed by atoms with van der Waals surface area (Å²) in [6.07, 6.45) is -4.33. The molecule has 8 heteroatoms. The van der Waals surface area contributed by atoms with Crippen LogP contribution in [-0.4, -0.2) is 48.8 Å². The van der Waals surface area contributed by atoms with Crippen molar-refractivity contribution >= 4 is 18.3 Å². The minimum absolute atomic E-state index is 0. The number of halogens is 4. The first kappa shape index (κ1) is 16.9. The summed E-state index contributed by atoms with van der Waals surface area (Å²) >= 11 is 0. The van der Waals surface area contributed by atoms with Gasteiger partial charge in [0.1, 0.15) is 6.54 Å². The van der Waals surface area contributed by atoms with Crippen molar-refractivity contribution in [2.75, 3.05) is 20.6 Å². The summed E-state index contributed by atoms with van der Waals surface area (Å²) in [6.45, 7) is 0.238. The van der Waals surface area contributed by atoms with E-state index in [1.807, 2.05) is 0 Å². The topological polar surface area (TPSA) is 49.6 Å². The minimum atomic E-state index is -4.33. The molecule has 0 heterocycles. The number of likely N-dealkylation sites (N-methyl/N-ethyl adjacent to an activating group) is 1. The third kappa shape index (κ3) is 6.53. The lowest BCUT2D eigenvalue weighted by Crippen LogP contribution is -2.50. The molecule has 0 saturated carbocycles. The van der Waals surface area contributed by atoms with E-state index in [0.29, 0.717) is 0 Å². The zero-order valence-electron chi connectivity index (χ0n) is 8.71. The standard InChI is InChI=1S/C7H14F3N3O.ClH/c1-5(11)6(14)13(3)12(2)4-7(8,9)10;/h5H,4,11H2,1-3H3;1H/t5-;/m1./s1. The molecule has 0 bridgehead atoms. The van der Waals surface area contributed by atoms with E-state index in [4.69, 9.17) is 5.73 Å². The summed E-state index contributed by atoms with van der Waals surface area (Å²) in [5, 5.41) is 1.63. The predicted octanol–water partition coefficient (Wildman–Crippen LogP) is 0.623.